The van der Waals surface area contributed by atoms with Crippen molar-refractivity contribution in [3.63, 3.8) is 0 Å². The Morgan fingerprint density at radius 2 is 1.85 bits per heavy atom. The lowest BCUT2D eigenvalue weighted by Crippen LogP contribution is -2.40. The second-order valence-corrected chi connectivity index (χ2v) is 11.8. The van der Waals surface area contributed by atoms with E-state index in [4.69, 9.17) is 16.0 Å². The number of halogens is 1. The van der Waals surface area contributed by atoms with Gasteiger partial charge < -0.3 is 4.43 Å². The van der Waals surface area contributed by atoms with Crippen molar-refractivity contribution in [2.75, 3.05) is 0 Å². The zero-order valence-corrected chi connectivity index (χ0v) is 14.6. The van der Waals surface area contributed by atoms with Crippen LogP contribution in [-0.2, 0) is 11.0 Å². The standard InChI is InChI=1S/C16H22ClNOSi/c1-16(2,3)20(4,5)19-11-13-10-12-8-6-7-9-14(12)18-15(13)17/h6-10H,11H2,1-5H3. The summed E-state index contributed by atoms with van der Waals surface area (Å²) in [6.07, 6.45) is 0. The fraction of sp³-hybridized carbons (Fsp3) is 0.438. The molecule has 0 aliphatic rings. The third-order valence-electron chi connectivity index (χ3n) is 4.14. The predicted octanol–water partition coefficient (Wildman–Crippen LogP) is 5.41. The number of hydrogen-bond donors (Lipinski definition) is 0. The predicted molar refractivity (Wildman–Crippen MR) is 88.7 cm³/mol. The summed E-state index contributed by atoms with van der Waals surface area (Å²) in [5.74, 6) is 0. The molecular weight excluding hydrogens is 286 g/mol. The number of hydrogen-bond acceptors (Lipinski definition) is 2. The van der Waals surface area contributed by atoms with E-state index in [2.05, 4.69) is 51.0 Å². The second-order valence-electron chi connectivity index (χ2n) is 6.68. The largest absolute Gasteiger partial charge is 0.412 e. The number of nitrogens with zero attached hydrogens (tertiary/aromatic N) is 1. The summed E-state index contributed by atoms with van der Waals surface area (Å²) in [6.45, 7) is 11.7. The Kier molecular flexibility index (Phi) is 4.24. The van der Waals surface area contributed by atoms with Gasteiger partial charge in [-0.2, -0.15) is 0 Å². The van der Waals surface area contributed by atoms with Crippen molar-refractivity contribution < 1.29 is 4.43 Å². The van der Waals surface area contributed by atoms with Crippen LogP contribution in [0.3, 0.4) is 0 Å². The highest BCUT2D eigenvalue weighted by molar-refractivity contribution is 6.74. The van der Waals surface area contributed by atoms with Crippen LogP contribution >= 0.6 is 11.6 Å². The Labute approximate surface area is 127 Å². The van der Waals surface area contributed by atoms with Crippen molar-refractivity contribution in [3.8, 4) is 0 Å². The molecule has 0 spiro atoms. The summed E-state index contributed by atoms with van der Waals surface area (Å²) in [5, 5.41) is 1.84. The van der Waals surface area contributed by atoms with Gasteiger partial charge in [-0.3, -0.25) is 0 Å². The highest BCUT2D eigenvalue weighted by atomic mass is 35.5. The lowest BCUT2D eigenvalue weighted by molar-refractivity contribution is 0.276. The molecule has 2 rings (SSSR count). The van der Waals surface area contributed by atoms with Crippen LogP contribution in [0, 0.1) is 0 Å². The molecule has 1 heterocycles. The first-order valence-corrected chi connectivity index (χ1v) is 10.2. The fourth-order valence-electron chi connectivity index (χ4n) is 1.71. The lowest BCUT2D eigenvalue weighted by Gasteiger charge is -2.36. The van der Waals surface area contributed by atoms with E-state index in [1.807, 2.05) is 18.2 Å². The normalized spacial score (nSPS) is 12.9. The molecule has 0 amide bonds. The molecule has 4 heteroatoms. The van der Waals surface area contributed by atoms with Crippen molar-refractivity contribution in [2.24, 2.45) is 0 Å². The molecule has 0 aliphatic carbocycles. The van der Waals surface area contributed by atoms with Gasteiger partial charge in [0.2, 0.25) is 0 Å². The molecule has 1 aromatic carbocycles. The van der Waals surface area contributed by atoms with Crippen molar-refractivity contribution in [1.82, 2.24) is 4.98 Å². The number of pyridine rings is 1. The number of benzene rings is 1. The van der Waals surface area contributed by atoms with Crippen LogP contribution in [0.4, 0.5) is 0 Å². The minimum Gasteiger partial charge on any atom is -0.412 e. The quantitative estimate of drug-likeness (QED) is 0.558. The van der Waals surface area contributed by atoms with Gasteiger partial charge in [0.15, 0.2) is 8.32 Å². The highest BCUT2D eigenvalue weighted by Gasteiger charge is 2.37. The zero-order chi connectivity index (χ0) is 15.0. The molecule has 2 nitrogen and oxygen atoms in total. The minimum absolute atomic E-state index is 0.198. The number of para-hydroxylation sites is 1. The molecule has 0 atom stereocenters. The summed E-state index contributed by atoms with van der Waals surface area (Å²) >= 11 is 6.27. The van der Waals surface area contributed by atoms with E-state index in [0.717, 1.165) is 16.5 Å². The number of aromatic nitrogens is 1. The van der Waals surface area contributed by atoms with Crippen LogP contribution in [-0.4, -0.2) is 13.3 Å². The molecule has 1 aromatic heterocycles. The van der Waals surface area contributed by atoms with Crippen LogP contribution in [0.2, 0.25) is 23.3 Å². The van der Waals surface area contributed by atoms with E-state index in [1.54, 1.807) is 0 Å². The van der Waals surface area contributed by atoms with Gasteiger partial charge >= 0.3 is 0 Å². The van der Waals surface area contributed by atoms with Crippen molar-refractivity contribution in [3.05, 3.63) is 41.0 Å². The summed E-state index contributed by atoms with van der Waals surface area (Å²) in [4.78, 5) is 4.44. The minimum atomic E-state index is -1.76. The molecule has 0 fully saturated rings. The fourth-order valence-corrected chi connectivity index (χ4v) is 2.86. The maximum Gasteiger partial charge on any atom is 0.192 e. The highest BCUT2D eigenvalue weighted by Crippen LogP contribution is 2.37. The SMILES string of the molecule is CC(C)(C)[Si](C)(C)OCc1cc2ccccc2nc1Cl. The molecular formula is C16H22ClNOSi. The van der Waals surface area contributed by atoms with Gasteiger partial charge in [-0.25, -0.2) is 4.98 Å². The van der Waals surface area contributed by atoms with E-state index >= 15 is 0 Å². The van der Waals surface area contributed by atoms with Crippen LogP contribution < -0.4 is 0 Å². The number of rotatable bonds is 3. The average Bonchev–Trinajstić information content (AvgIpc) is 2.35. The summed E-state index contributed by atoms with van der Waals surface area (Å²) in [5.41, 5.74) is 1.89. The summed E-state index contributed by atoms with van der Waals surface area (Å²) < 4.78 is 6.22. The van der Waals surface area contributed by atoms with Gasteiger partial charge in [-0.05, 0) is 30.3 Å². The molecule has 2 aromatic rings. The molecule has 108 valence electrons. The Morgan fingerprint density at radius 3 is 2.50 bits per heavy atom. The van der Waals surface area contributed by atoms with E-state index in [-0.39, 0.29) is 5.04 Å². The van der Waals surface area contributed by atoms with Crippen LogP contribution in [0.1, 0.15) is 26.3 Å². The lowest BCUT2D eigenvalue weighted by atomic mass is 10.2. The third-order valence-corrected chi connectivity index (χ3v) is 8.95. The average molecular weight is 308 g/mol. The second kappa shape index (κ2) is 5.47. The third kappa shape index (κ3) is 3.22. The molecule has 0 bridgehead atoms. The van der Waals surface area contributed by atoms with Gasteiger partial charge in [-0.15, -0.1) is 0 Å². The monoisotopic (exact) mass is 307 g/mol. The maximum absolute atomic E-state index is 6.27. The Hall–Kier alpha value is -0.903. The van der Waals surface area contributed by atoms with E-state index in [1.165, 1.54) is 0 Å². The first-order chi connectivity index (χ1) is 9.21. The van der Waals surface area contributed by atoms with Crippen molar-refractivity contribution >= 4 is 30.8 Å². The molecule has 0 radical (unpaired) electrons. The first kappa shape index (κ1) is 15.5. The van der Waals surface area contributed by atoms with E-state index in [0.29, 0.717) is 11.8 Å². The smallest absolute Gasteiger partial charge is 0.192 e. The summed E-state index contributed by atoms with van der Waals surface area (Å²) in [6, 6.07) is 10.1. The van der Waals surface area contributed by atoms with Gasteiger partial charge in [0.1, 0.15) is 5.15 Å². The molecule has 0 unspecified atom stereocenters. The van der Waals surface area contributed by atoms with Crippen molar-refractivity contribution in [2.45, 2.75) is 45.5 Å². The number of fused-ring (bicyclic) bond motifs is 1. The van der Waals surface area contributed by atoms with Gasteiger partial charge in [0.25, 0.3) is 0 Å². The van der Waals surface area contributed by atoms with E-state index < -0.39 is 8.32 Å². The van der Waals surface area contributed by atoms with Crippen LogP contribution in [0.25, 0.3) is 10.9 Å². The molecule has 0 aliphatic heterocycles. The molecule has 0 saturated carbocycles. The van der Waals surface area contributed by atoms with Gasteiger partial charge in [0, 0.05) is 10.9 Å². The summed E-state index contributed by atoms with van der Waals surface area (Å²) in [7, 11) is -1.76. The van der Waals surface area contributed by atoms with Gasteiger partial charge in [0.05, 0.1) is 12.1 Å². The Bertz CT molecular complexity index is 619. The van der Waals surface area contributed by atoms with Crippen molar-refractivity contribution in [1.29, 1.82) is 0 Å². The Morgan fingerprint density at radius 1 is 1.20 bits per heavy atom. The molecule has 20 heavy (non-hydrogen) atoms. The zero-order valence-electron chi connectivity index (χ0n) is 12.8. The first-order valence-electron chi connectivity index (χ1n) is 6.89. The van der Waals surface area contributed by atoms with Crippen LogP contribution in [0.15, 0.2) is 30.3 Å². The van der Waals surface area contributed by atoms with Crippen LogP contribution in [0.5, 0.6) is 0 Å². The topological polar surface area (TPSA) is 22.1 Å². The maximum atomic E-state index is 6.27. The molecule has 0 N–H and O–H groups in total. The Balaban J connectivity index is 2.24. The van der Waals surface area contributed by atoms with E-state index in [9.17, 15) is 0 Å². The van der Waals surface area contributed by atoms with Gasteiger partial charge in [-0.1, -0.05) is 50.6 Å². The molecule has 0 saturated heterocycles.